The molecule has 1 unspecified atom stereocenters. The van der Waals surface area contributed by atoms with E-state index in [2.05, 4.69) is 5.43 Å². The molecule has 36 heavy (non-hydrogen) atoms. The van der Waals surface area contributed by atoms with Crippen LogP contribution >= 0.6 is 23.4 Å². The molecule has 7 nitrogen and oxygen atoms in total. The van der Waals surface area contributed by atoms with Crippen LogP contribution in [0.4, 0.5) is 5.69 Å². The van der Waals surface area contributed by atoms with Gasteiger partial charge in [-0.15, -0.1) is 11.8 Å². The van der Waals surface area contributed by atoms with Gasteiger partial charge in [0.15, 0.2) is 0 Å². The van der Waals surface area contributed by atoms with Crippen molar-refractivity contribution < 1.29 is 18.0 Å². The Labute approximate surface area is 220 Å². The van der Waals surface area contributed by atoms with Crippen molar-refractivity contribution in [1.29, 1.82) is 0 Å². The fourth-order valence-electron chi connectivity index (χ4n) is 3.75. The van der Waals surface area contributed by atoms with E-state index < -0.39 is 15.9 Å². The number of halogens is 1. The molecule has 1 N–H and O–H groups in total. The SMILES string of the molecule is Cc1ccc(N(CCC(=O)NN2C(=O)CSC2c2ccc(Cl)cc2)S(=O)(=O)c2ccc(C)cc2)cc1. The molecule has 1 heterocycles. The highest BCUT2D eigenvalue weighted by Gasteiger charge is 2.34. The minimum Gasteiger partial charge on any atom is -0.273 e. The molecule has 0 aliphatic carbocycles. The van der Waals surface area contributed by atoms with Gasteiger partial charge in [0, 0.05) is 18.0 Å². The van der Waals surface area contributed by atoms with Crippen molar-refractivity contribution in [2.75, 3.05) is 16.6 Å². The summed E-state index contributed by atoms with van der Waals surface area (Å²) in [5, 5.41) is 1.50. The van der Waals surface area contributed by atoms with E-state index in [9.17, 15) is 18.0 Å². The molecule has 188 valence electrons. The number of sulfonamides is 1. The third-order valence-corrected chi connectivity index (χ3v) is 9.05. The zero-order chi connectivity index (χ0) is 25.9. The number of nitrogens with zero attached hydrogens (tertiary/aromatic N) is 2. The zero-order valence-electron chi connectivity index (χ0n) is 19.8. The van der Waals surface area contributed by atoms with Gasteiger partial charge in [0.1, 0.15) is 5.37 Å². The lowest BCUT2D eigenvalue weighted by Gasteiger charge is -2.27. The van der Waals surface area contributed by atoms with Crippen molar-refractivity contribution in [3.8, 4) is 0 Å². The maximum Gasteiger partial charge on any atom is 0.264 e. The van der Waals surface area contributed by atoms with E-state index >= 15 is 0 Å². The fraction of sp³-hybridized carbons (Fsp3) is 0.231. The van der Waals surface area contributed by atoms with Crippen LogP contribution < -0.4 is 9.73 Å². The van der Waals surface area contributed by atoms with Crippen LogP contribution in [-0.4, -0.2) is 37.5 Å². The second kappa shape index (κ2) is 10.9. The smallest absolute Gasteiger partial charge is 0.264 e. The van der Waals surface area contributed by atoms with Crippen molar-refractivity contribution >= 4 is 50.9 Å². The Morgan fingerprint density at radius 3 is 2.19 bits per heavy atom. The first-order valence-corrected chi connectivity index (χ1v) is 14.2. The number of carbonyl (C=O) groups is 2. The highest BCUT2D eigenvalue weighted by Crippen LogP contribution is 2.37. The second-order valence-electron chi connectivity index (χ2n) is 8.49. The molecule has 1 saturated heterocycles. The third-order valence-electron chi connectivity index (χ3n) is 5.74. The first-order chi connectivity index (χ1) is 17.1. The molecule has 3 aromatic carbocycles. The predicted molar refractivity (Wildman–Crippen MR) is 143 cm³/mol. The molecule has 0 radical (unpaired) electrons. The summed E-state index contributed by atoms with van der Waals surface area (Å²) in [4.78, 5) is 25.5. The van der Waals surface area contributed by atoms with Gasteiger partial charge in [0.05, 0.1) is 16.3 Å². The van der Waals surface area contributed by atoms with Crippen molar-refractivity contribution in [1.82, 2.24) is 10.4 Å². The molecule has 4 rings (SSSR count). The average Bonchev–Trinajstić information content (AvgIpc) is 3.21. The van der Waals surface area contributed by atoms with E-state index in [0.29, 0.717) is 10.7 Å². The van der Waals surface area contributed by atoms with E-state index in [-0.39, 0.29) is 34.9 Å². The van der Waals surface area contributed by atoms with Crippen LogP contribution in [0.25, 0.3) is 0 Å². The molecule has 0 aromatic heterocycles. The van der Waals surface area contributed by atoms with Crippen molar-refractivity contribution in [2.24, 2.45) is 0 Å². The van der Waals surface area contributed by atoms with Crippen molar-refractivity contribution in [2.45, 2.75) is 30.5 Å². The van der Waals surface area contributed by atoms with Crippen LogP contribution in [-0.2, 0) is 19.6 Å². The molecular formula is C26H26ClN3O4S2. The topological polar surface area (TPSA) is 86.8 Å². The summed E-state index contributed by atoms with van der Waals surface area (Å²) in [5.74, 6) is -0.456. The number of thioether (sulfide) groups is 1. The molecule has 1 aliphatic heterocycles. The lowest BCUT2D eigenvalue weighted by molar-refractivity contribution is -0.139. The Morgan fingerprint density at radius 2 is 1.58 bits per heavy atom. The van der Waals surface area contributed by atoms with Gasteiger partial charge in [-0.1, -0.05) is 59.1 Å². The standard InChI is InChI=1S/C26H26ClN3O4S2/c1-18-3-11-22(12-4-18)29(36(33,34)23-13-5-19(2)6-14-23)16-15-24(31)28-30-25(32)17-35-26(30)20-7-9-21(27)10-8-20/h3-14,26H,15-17H2,1-2H3,(H,28,31). The van der Waals surface area contributed by atoms with Gasteiger partial charge < -0.3 is 0 Å². The lowest BCUT2D eigenvalue weighted by atomic mass is 10.2. The molecule has 3 aromatic rings. The normalized spacial score (nSPS) is 15.7. The number of carbonyl (C=O) groups excluding carboxylic acids is 2. The summed E-state index contributed by atoms with van der Waals surface area (Å²) < 4.78 is 28.3. The minimum atomic E-state index is -3.92. The first kappa shape index (κ1) is 26.1. The number of benzene rings is 3. The van der Waals surface area contributed by atoms with Gasteiger partial charge in [-0.05, 0) is 55.8 Å². The number of amides is 2. The van der Waals surface area contributed by atoms with E-state index in [1.807, 2.05) is 38.1 Å². The Hall–Kier alpha value is -3.01. The fourth-order valence-corrected chi connectivity index (χ4v) is 6.45. The average molecular weight is 544 g/mol. The Kier molecular flexibility index (Phi) is 7.92. The number of hydrazine groups is 1. The van der Waals surface area contributed by atoms with E-state index in [1.54, 1.807) is 48.5 Å². The summed E-state index contributed by atoms with van der Waals surface area (Å²) >= 11 is 7.37. The van der Waals surface area contributed by atoms with Gasteiger partial charge in [-0.2, -0.15) is 0 Å². The quantitative estimate of drug-likeness (QED) is 0.439. The third kappa shape index (κ3) is 5.86. The largest absolute Gasteiger partial charge is 0.273 e. The number of hydrogen-bond donors (Lipinski definition) is 1. The monoisotopic (exact) mass is 543 g/mol. The van der Waals surface area contributed by atoms with Gasteiger partial charge in [-0.3, -0.25) is 19.3 Å². The number of nitrogens with one attached hydrogen (secondary N) is 1. The number of aryl methyl sites for hydroxylation is 2. The van der Waals surface area contributed by atoms with Crippen LogP contribution in [0.5, 0.6) is 0 Å². The van der Waals surface area contributed by atoms with Gasteiger partial charge in [-0.25, -0.2) is 13.4 Å². The molecule has 0 bridgehead atoms. The summed E-state index contributed by atoms with van der Waals surface area (Å²) in [6.07, 6.45) is -0.138. The Morgan fingerprint density at radius 1 is 1.00 bits per heavy atom. The van der Waals surface area contributed by atoms with Gasteiger partial charge in [0.25, 0.3) is 15.9 Å². The number of rotatable bonds is 8. The van der Waals surface area contributed by atoms with E-state index in [4.69, 9.17) is 11.6 Å². The van der Waals surface area contributed by atoms with Crippen molar-refractivity contribution in [3.63, 3.8) is 0 Å². The molecule has 0 saturated carbocycles. The molecule has 0 spiro atoms. The van der Waals surface area contributed by atoms with Gasteiger partial charge in [0.2, 0.25) is 5.91 Å². The first-order valence-electron chi connectivity index (χ1n) is 11.3. The molecule has 2 amide bonds. The molecular weight excluding hydrogens is 518 g/mol. The zero-order valence-corrected chi connectivity index (χ0v) is 22.2. The maximum absolute atomic E-state index is 13.5. The van der Waals surface area contributed by atoms with Crippen LogP contribution in [0.1, 0.15) is 28.5 Å². The Bertz CT molecular complexity index is 1350. The van der Waals surface area contributed by atoms with Crippen LogP contribution in [0.3, 0.4) is 0 Å². The highest BCUT2D eigenvalue weighted by molar-refractivity contribution is 8.00. The summed E-state index contributed by atoms with van der Waals surface area (Å²) in [6, 6.07) is 20.8. The number of anilines is 1. The van der Waals surface area contributed by atoms with E-state index in [0.717, 1.165) is 16.7 Å². The summed E-state index contributed by atoms with van der Waals surface area (Å²) in [5.41, 5.74) is 5.90. The number of hydrogen-bond acceptors (Lipinski definition) is 5. The van der Waals surface area contributed by atoms with Gasteiger partial charge >= 0.3 is 0 Å². The molecule has 1 aliphatic rings. The van der Waals surface area contributed by atoms with Crippen LogP contribution in [0.15, 0.2) is 77.7 Å². The molecule has 1 atom stereocenters. The molecule has 1 fully saturated rings. The lowest BCUT2D eigenvalue weighted by Crippen LogP contribution is -2.45. The van der Waals surface area contributed by atoms with Crippen LogP contribution in [0, 0.1) is 13.8 Å². The second-order valence-corrected chi connectivity index (χ2v) is 11.9. The summed E-state index contributed by atoms with van der Waals surface area (Å²) in [7, 11) is -3.92. The van der Waals surface area contributed by atoms with Crippen molar-refractivity contribution in [3.05, 3.63) is 94.5 Å². The Balaban J connectivity index is 1.52. The highest BCUT2D eigenvalue weighted by atomic mass is 35.5. The predicted octanol–water partition coefficient (Wildman–Crippen LogP) is 4.85. The maximum atomic E-state index is 13.5. The molecule has 10 heteroatoms. The minimum absolute atomic E-state index is 0.0914. The summed E-state index contributed by atoms with van der Waals surface area (Å²) in [6.45, 7) is 3.71. The van der Waals surface area contributed by atoms with Crippen LogP contribution in [0.2, 0.25) is 5.02 Å². The van der Waals surface area contributed by atoms with E-state index in [1.165, 1.54) is 21.1 Å².